The summed E-state index contributed by atoms with van der Waals surface area (Å²) in [6.07, 6.45) is 0. The van der Waals surface area contributed by atoms with Crippen molar-refractivity contribution in [2.75, 3.05) is 19.4 Å². The summed E-state index contributed by atoms with van der Waals surface area (Å²) in [5.74, 6) is -0.880. The largest absolute Gasteiger partial charge is 0.477 e. The van der Waals surface area contributed by atoms with Gasteiger partial charge in [-0.2, -0.15) is 0 Å². The average molecular weight is 401 g/mol. The van der Waals surface area contributed by atoms with Crippen LogP contribution in [0.25, 0.3) is 11.3 Å². The molecule has 1 heterocycles. The Morgan fingerprint density at radius 3 is 2.32 bits per heavy atom. The molecule has 1 aromatic heterocycles. The van der Waals surface area contributed by atoms with Gasteiger partial charge in [0, 0.05) is 26.2 Å². The van der Waals surface area contributed by atoms with Crippen LogP contribution in [0.5, 0.6) is 0 Å². The summed E-state index contributed by atoms with van der Waals surface area (Å²) in [5, 5.41) is 16.3. The summed E-state index contributed by atoms with van der Waals surface area (Å²) in [5.41, 5.74) is 1.31. The van der Waals surface area contributed by atoms with Crippen LogP contribution in [0, 0.1) is 0 Å². The number of benzene rings is 2. The number of carbonyl (C=O) groups is 1. The zero-order chi connectivity index (χ0) is 20.3. The first-order valence-corrected chi connectivity index (χ1v) is 9.78. The van der Waals surface area contributed by atoms with Crippen molar-refractivity contribution in [1.82, 2.24) is 9.46 Å². The van der Waals surface area contributed by atoms with Crippen molar-refractivity contribution in [2.45, 2.75) is 11.4 Å². The molecule has 0 aliphatic heterocycles. The van der Waals surface area contributed by atoms with E-state index in [0.717, 1.165) is 9.87 Å². The lowest BCUT2D eigenvalue weighted by Crippen LogP contribution is -2.22. The van der Waals surface area contributed by atoms with Crippen LogP contribution in [0.3, 0.4) is 0 Å². The van der Waals surface area contributed by atoms with Gasteiger partial charge in [0.1, 0.15) is 0 Å². The molecule has 0 aliphatic rings. The molecule has 28 heavy (non-hydrogen) atoms. The van der Waals surface area contributed by atoms with Gasteiger partial charge in [-0.3, -0.25) is 0 Å². The summed E-state index contributed by atoms with van der Waals surface area (Å²) in [7, 11) is -0.567. The second-order valence-corrected chi connectivity index (χ2v) is 8.34. The monoisotopic (exact) mass is 401 g/mol. The molecule has 0 amide bonds. The standard InChI is InChI=1S/C19H19N3O5S/c1-22(2)28(25,26)15-10-8-13(9-11-15)12-20-18-16(19(23)24)17(27-21-18)14-6-4-3-5-7-14/h3-11H,12H2,1-2H3,(H,20,21)(H,23,24). The van der Waals surface area contributed by atoms with Crippen LogP contribution in [-0.2, 0) is 16.6 Å². The Kier molecular flexibility index (Phi) is 5.48. The number of anilines is 1. The Morgan fingerprint density at radius 1 is 1.11 bits per heavy atom. The van der Waals surface area contributed by atoms with Crippen molar-refractivity contribution in [2.24, 2.45) is 0 Å². The van der Waals surface area contributed by atoms with Crippen molar-refractivity contribution in [3.8, 4) is 11.3 Å². The molecule has 0 unspecified atom stereocenters. The molecule has 2 aromatic carbocycles. The molecule has 0 fully saturated rings. The maximum Gasteiger partial charge on any atom is 0.343 e. The number of carboxylic acid groups (broad SMARTS) is 1. The molecular formula is C19H19N3O5S. The Bertz CT molecular complexity index is 1070. The lowest BCUT2D eigenvalue weighted by atomic mass is 10.1. The van der Waals surface area contributed by atoms with E-state index < -0.39 is 16.0 Å². The van der Waals surface area contributed by atoms with Crippen molar-refractivity contribution in [3.05, 3.63) is 65.7 Å². The molecule has 0 radical (unpaired) electrons. The van der Waals surface area contributed by atoms with Gasteiger partial charge in [0.2, 0.25) is 10.0 Å². The minimum Gasteiger partial charge on any atom is -0.477 e. The minimum atomic E-state index is -3.50. The summed E-state index contributed by atoms with van der Waals surface area (Å²) in [6, 6.07) is 15.2. The quantitative estimate of drug-likeness (QED) is 0.626. The molecule has 0 saturated carbocycles. The predicted octanol–water partition coefficient (Wildman–Crippen LogP) is 2.90. The SMILES string of the molecule is CN(C)S(=O)(=O)c1ccc(CNc2noc(-c3ccccc3)c2C(=O)O)cc1. The van der Waals surface area contributed by atoms with E-state index >= 15 is 0 Å². The molecule has 8 nitrogen and oxygen atoms in total. The van der Waals surface area contributed by atoms with E-state index in [1.165, 1.54) is 26.2 Å². The second kappa shape index (κ2) is 7.83. The fourth-order valence-corrected chi connectivity index (χ4v) is 3.47. The van der Waals surface area contributed by atoms with Crippen molar-refractivity contribution in [1.29, 1.82) is 0 Å². The number of sulfonamides is 1. The van der Waals surface area contributed by atoms with Gasteiger partial charge in [-0.15, -0.1) is 0 Å². The van der Waals surface area contributed by atoms with Crippen LogP contribution in [-0.4, -0.2) is 43.1 Å². The molecule has 3 aromatic rings. The highest BCUT2D eigenvalue weighted by atomic mass is 32.2. The normalized spacial score (nSPS) is 11.5. The second-order valence-electron chi connectivity index (χ2n) is 6.19. The van der Waals surface area contributed by atoms with E-state index in [4.69, 9.17) is 4.52 Å². The number of nitrogens with one attached hydrogen (secondary N) is 1. The molecule has 0 bridgehead atoms. The molecule has 9 heteroatoms. The van der Waals surface area contributed by atoms with E-state index in [1.54, 1.807) is 36.4 Å². The Morgan fingerprint density at radius 2 is 1.75 bits per heavy atom. The third-order valence-electron chi connectivity index (χ3n) is 4.10. The fraction of sp³-hybridized carbons (Fsp3) is 0.158. The van der Waals surface area contributed by atoms with Gasteiger partial charge in [-0.05, 0) is 17.7 Å². The van der Waals surface area contributed by atoms with Gasteiger partial charge in [0.25, 0.3) is 0 Å². The fourth-order valence-electron chi connectivity index (χ4n) is 2.57. The maximum atomic E-state index is 12.1. The molecule has 146 valence electrons. The Hall–Kier alpha value is -3.17. The Balaban J connectivity index is 1.80. The lowest BCUT2D eigenvalue weighted by Gasteiger charge is -2.11. The third kappa shape index (κ3) is 3.90. The number of nitrogens with zero attached hydrogens (tertiary/aromatic N) is 2. The summed E-state index contributed by atoms with van der Waals surface area (Å²) < 4.78 is 30.6. The molecule has 2 N–H and O–H groups in total. The highest BCUT2D eigenvalue weighted by molar-refractivity contribution is 7.89. The van der Waals surface area contributed by atoms with Crippen LogP contribution in [0.4, 0.5) is 5.82 Å². The zero-order valence-electron chi connectivity index (χ0n) is 15.3. The van der Waals surface area contributed by atoms with Crippen LogP contribution in [0.2, 0.25) is 0 Å². The number of aromatic carboxylic acids is 1. The molecule has 0 aliphatic carbocycles. The molecule has 3 rings (SSSR count). The third-order valence-corrected chi connectivity index (χ3v) is 5.93. The van der Waals surface area contributed by atoms with Gasteiger partial charge in [-0.25, -0.2) is 17.5 Å². The number of rotatable bonds is 7. The average Bonchev–Trinajstić information content (AvgIpc) is 3.11. The van der Waals surface area contributed by atoms with Crippen molar-refractivity contribution < 1.29 is 22.8 Å². The van der Waals surface area contributed by atoms with Crippen molar-refractivity contribution >= 4 is 21.8 Å². The van der Waals surface area contributed by atoms with Crippen LogP contribution in [0.1, 0.15) is 15.9 Å². The predicted molar refractivity (Wildman–Crippen MR) is 104 cm³/mol. The maximum absolute atomic E-state index is 12.1. The first-order chi connectivity index (χ1) is 13.3. The highest BCUT2D eigenvalue weighted by Crippen LogP contribution is 2.29. The van der Waals surface area contributed by atoms with Crippen molar-refractivity contribution in [3.63, 3.8) is 0 Å². The molecule has 0 atom stereocenters. The summed E-state index contributed by atoms with van der Waals surface area (Å²) in [4.78, 5) is 11.9. The van der Waals surface area contributed by atoms with Crippen LogP contribution in [0.15, 0.2) is 64.0 Å². The topological polar surface area (TPSA) is 113 Å². The van der Waals surface area contributed by atoms with Gasteiger partial charge < -0.3 is 14.9 Å². The zero-order valence-corrected chi connectivity index (χ0v) is 16.1. The van der Waals surface area contributed by atoms with Gasteiger partial charge >= 0.3 is 5.97 Å². The number of carboxylic acids is 1. The van der Waals surface area contributed by atoms with Gasteiger partial charge in [0.15, 0.2) is 17.1 Å². The van der Waals surface area contributed by atoms with E-state index in [1.807, 2.05) is 6.07 Å². The number of hydrogen-bond donors (Lipinski definition) is 2. The molecular weight excluding hydrogens is 382 g/mol. The Labute approximate surface area is 162 Å². The first kappa shape index (κ1) is 19.6. The number of hydrogen-bond acceptors (Lipinski definition) is 6. The minimum absolute atomic E-state index is 0.0574. The first-order valence-electron chi connectivity index (χ1n) is 8.34. The smallest absolute Gasteiger partial charge is 0.343 e. The number of aromatic nitrogens is 1. The molecule has 0 spiro atoms. The van der Waals surface area contributed by atoms with E-state index in [0.29, 0.717) is 5.56 Å². The summed E-state index contributed by atoms with van der Waals surface area (Å²) >= 11 is 0. The lowest BCUT2D eigenvalue weighted by molar-refractivity contribution is 0.0698. The van der Waals surface area contributed by atoms with Gasteiger partial charge in [0.05, 0.1) is 4.90 Å². The highest BCUT2D eigenvalue weighted by Gasteiger charge is 2.23. The van der Waals surface area contributed by atoms with E-state index in [9.17, 15) is 18.3 Å². The van der Waals surface area contributed by atoms with E-state index in [-0.39, 0.29) is 28.6 Å². The summed E-state index contributed by atoms with van der Waals surface area (Å²) in [6.45, 7) is 0.253. The molecule has 0 saturated heterocycles. The van der Waals surface area contributed by atoms with Gasteiger partial charge in [-0.1, -0.05) is 47.6 Å². The van der Waals surface area contributed by atoms with Crippen LogP contribution < -0.4 is 5.32 Å². The van der Waals surface area contributed by atoms with E-state index in [2.05, 4.69) is 10.5 Å². The van der Waals surface area contributed by atoms with Crippen LogP contribution >= 0.6 is 0 Å².